The van der Waals surface area contributed by atoms with Crippen molar-refractivity contribution in [2.24, 2.45) is 0 Å². The van der Waals surface area contributed by atoms with E-state index in [1.165, 1.54) is 6.92 Å². The molecule has 5 rings (SSSR count). The molecule has 0 bridgehead atoms. The first-order chi connectivity index (χ1) is 16.1. The van der Waals surface area contributed by atoms with Crippen LogP contribution in [0.15, 0.2) is 91.0 Å². The molecule has 1 aliphatic carbocycles. The third kappa shape index (κ3) is 3.65. The van der Waals surface area contributed by atoms with Crippen molar-refractivity contribution in [3.63, 3.8) is 0 Å². The molecule has 0 saturated heterocycles. The van der Waals surface area contributed by atoms with E-state index < -0.39 is 18.2 Å². The molecular weight excluding hydrogens is 417 g/mol. The van der Waals surface area contributed by atoms with E-state index in [1.807, 2.05) is 66.7 Å². The average Bonchev–Trinajstić information content (AvgIpc) is 3.16. The quantitative estimate of drug-likeness (QED) is 0.334. The van der Waals surface area contributed by atoms with Gasteiger partial charge in [-0.1, -0.05) is 84.9 Å². The molecule has 4 nitrogen and oxygen atoms in total. The van der Waals surface area contributed by atoms with Crippen LogP contribution in [0.1, 0.15) is 24.0 Å². The summed E-state index contributed by atoms with van der Waals surface area (Å²) in [6, 6.07) is 26.0. The molecule has 0 N–H and O–H groups in total. The number of rotatable bonds is 5. The van der Waals surface area contributed by atoms with Crippen LogP contribution in [0.5, 0.6) is 0 Å². The minimum absolute atomic E-state index is 0.0846. The van der Waals surface area contributed by atoms with Gasteiger partial charge in [-0.15, -0.1) is 0 Å². The van der Waals surface area contributed by atoms with Crippen LogP contribution >= 0.6 is 0 Å². The molecule has 4 aromatic rings. The maximum atomic E-state index is 13.8. The van der Waals surface area contributed by atoms with Crippen LogP contribution in [-0.2, 0) is 9.53 Å². The van der Waals surface area contributed by atoms with Gasteiger partial charge in [0.1, 0.15) is 12.6 Å². The van der Waals surface area contributed by atoms with Gasteiger partial charge in [0.25, 0.3) is 0 Å². The van der Waals surface area contributed by atoms with Gasteiger partial charge in [-0.3, -0.25) is 9.69 Å². The molecule has 0 unspecified atom stereocenters. The standard InChI is InChI=1S/C28H22FNO3/c1-18(27(29)31)30(26-16-8-10-19-9-2-3-11-20(19)26)28(32)33-17-25-23-14-6-4-12-21(23)22-13-5-7-15-24(22)25/h2-16,18,25H,17H2,1H3/t18-/m0/s1. The first-order valence-electron chi connectivity index (χ1n) is 10.9. The smallest absolute Gasteiger partial charge is 0.415 e. The summed E-state index contributed by atoms with van der Waals surface area (Å²) >= 11 is 0. The fourth-order valence-electron chi connectivity index (χ4n) is 4.65. The number of hydrogen-bond donors (Lipinski definition) is 0. The maximum Gasteiger partial charge on any atom is 0.415 e. The number of ether oxygens (including phenoxy) is 1. The van der Waals surface area contributed by atoms with E-state index in [1.54, 1.807) is 12.1 Å². The molecule has 4 aromatic carbocycles. The van der Waals surface area contributed by atoms with E-state index in [9.17, 15) is 14.0 Å². The number of nitrogens with zero attached hydrogens (tertiary/aromatic N) is 1. The van der Waals surface area contributed by atoms with Crippen molar-refractivity contribution in [2.75, 3.05) is 11.5 Å². The molecule has 0 aromatic heterocycles. The van der Waals surface area contributed by atoms with Crippen LogP contribution in [0.25, 0.3) is 21.9 Å². The van der Waals surface area contributed by atoms with Gasteiger partial charge < -0.3 is 4.74 Å². The molecule has 33 heavy (non-hydrogen) atoms. The van der Waals surface area contributed by atoms with Crippen molar-refractivity contribution in [3.05, 3.63) is 102 Å². The third-order valence-corrected chi connectivity index (χ3v) is 6.27. The molecule has 0 saturated carbocycles. The highest BCUT2D eigenvalue weighted by atomic mass is 19.1. The van der Waals surface area contributed by atoms with Crippen molar-refractivity contribution >= 4 is 28.6 Å². The Morgan fingerprint density at radius 2 is 1.42 bits per heavy atom. The van der Waals surface area contributed by atoms with Crippen LogP contribution in [0.3, 0.4) is 0 Å². The molecule has 1 atom stereocenters. The van der Waals surface area contributed by atoms with E-state index in [0.29, 0.717) is 5.69 Å². The van der Waals surface area contributed by atoms with Crippen molar-refractivity contribution < 1.29 is 18.7 Å². The summed E-state index contributed by atoms with van der Waals surface area (Å²) in [4.78, 5) is 26.1. The van der Waals surface area contributed by atoms with E-state index in [2.05, 4.69) is 12.1 Å². The normalized spacial score (nSPS) is 13.3. The van der Waals surface area contributed by atoms with Crippen molar-refractivity contribution in [3.8, 4) is 11.1 Å². The zero-order chi connectivity index (χ0) is 22.9. The van der Waals surface area contributed by atoms with Crippen molar-refractivity contribution in [1.82, 2.24) is 0 Å². The monoisotopic (exact) mass is 439 g/mol. The Labute approximate surface area is 191 Å². The van der Waals surface area contributed by atoms with Gasteiger partial charge >= 0.3 is 12.1 Å². The van der Waals surface area contributed by atoms with Crippen molar-refractivity contribution in [1.29, 1.82) is 0 Å². The molecule has 1 amide bonds. The number of carbonyl (C=O) groups is 2. The van der Waals surface area contributed by atoms with Crippen LogP contribution in [0.2, 0.25) is 0 Å². The second-order valence-corrected chi connectivity index (χ2v) is 8.15. The Morgan fingerprint density at radius 3 is 2.09 bits per heavy atom. The minimum Gasteiger partial charge on any atom is -0.448 e. The van der Waals surface area contributed by atoms with E-state index >= 15 is 0 Å². The molecule has 1 aliphatic rings. The Kier molecular flexibility index (Phi) is 5.38. The Hall–Kier alpha value is -3.99. The second kappa shape index (κ2) is 8.51. The van der Waals surface area contributed by atoms with E-state index in [0.717, 1.165) is 37.9 Å². The predicted octanol–water partition coefficient (Wildman–Crippen LogP) is 6.48. The van der Waals surface area contributed by atoms with Crippen LogP contribution in [0.4, 0.5) is 14.9 Å². The van der Waals surface area contributed by atoms with Crippen LogP contribution < -0.4 is 4.90 Å². The molecular formula is C28H22FNO3. The summed E-state index contributed by atoms with van der Waals surface area (Å²) in [6.45, 7) is 1.45. The molecule has 0 heterocycles. The lowest BCUT2D eigenvalue weighted by atomic mass is 9.98. The van der Waals surface area contributed by atoms with Gasteiger partial charge in [-0.25, -0.2) is 4.79 Å². The maximum absolute atomic E-state index is 13.8. The Balaban J connectivity index is 1.48. The fraction of sp³-hybridized carbons (Fsp3) is 0.143. The van der Waals surface area contributed by atoms with Crippen molar-refractivity contribution in [2.45, 2.75) is 18.9 Å². The SMILES string of the molecule is C[C@@H](C(=O)F)N(C(=O)OCC1c2ccccc2-c2ccccc21)c1cccc2ccccc12. The van der Waals surface area contributed by atoms with Gasteiger partial charge in [0, 0.05) is 11.3 Å². The molecule has 0 spiro atoms. The van der Waals surface area contributed by atoms with Gasteiger partial charge in [-0.05, 0) is 40.6 Å². The Bertz CT molecular complexity index is 1320. The summed E-state index contributed by atoms with van der Waals surface area (Å²) in [5.41, 5.74) is 4.83. The van der Waals surface area contributed by atoms with E-state index in [-0.39, 0.29) is 12.5 Å². The lowest BCUT2D eigenvalue weighted by Crippen LogP contribution is -2.43. The summed E-state index contributed by atoms with van der Waals surface area (Å²) in [7, 11) is 0. The van der Waals surface area contributed by atoms with Gasteiger partial charge in [0.2, 0.25) is 0 Å². The number of amides is 1. The Morgan fingerprint density at radius 1 is 0.848 bits per heavy atom. The average molecular weight is 439 g/mol. The number of halogens is 1. The lowest BCUT2D eigenvalue weighted by Gasteiger charge is -2.27. The summed E-state index contributed by atoms with van der Waals surface area (Å²) in [6.07, 6.45) is -0.758. The molecule has 0 radical (unpaired) electrons. The van der Waals surface area contributed by atoms with Gasteiger partial charge in [0.15, 0.2) is 0 Å². The number of benzene rings is 4. The highest BCUT2D eigenvalue weighted by Crippen LogP contribution is 2.44. The molecule has 0 aliphatic heterocycles. The zero-order valence-electron chi connectivity index (χ0n) is 18.1. The third-order valence-electron chi connectivity index (χ3n) is 6.27. The number of fused-ring (bicyclic) bond motifs is 4. The molecule has 164 valence electrons. The second-order valence-electron chi connectivity index (χ2n) is 8.15. The first-order valence-corrected chi connectivity index (χ1v) is 10.9. The molecule has 5 heteroatoms. The summed E-state index contributed by atoms with van der Waals surface area (Å²) < 4.78 is 19.6. The summed E-state index contributed by atoms with van der Waals surface area (Å²) in [5.74, 6) is -0.132. The van der Waals surface area contributed by atoms with Gasteiger partial charge in [-0.2, -0.15) is 4.39 Å². The fourth-order valence-corrected chi connectivity index (χ4v) is 4.65. The first kappa shape index (κ1) is 20.9. The van der Waals surface area contributed by atoms with Crippen LogP contribution in [-0.4, -0.2) is 24.8 Å². The highest BCUT2D eigenvalue weighted by Gasteiger charge is 2.33. The van der Waals surface area contributed by atoms with E-state index in [4.69, 9.17) is 4.74 Å². The topological polar surface area (TPSA) is 46.6 Å². The largest absolute Gasteiger partial charge is 0.448 e. The van der Waals surface area contributed by atoms with Gasteiger partial charge in [0.05, 0.1) is 5.69 Å². The summed E-state index contributed by atoms with van der Waals surface area (Å²) in [5, 5.41) is 1.62. The highest BCUT2D eigenvalue weighted by molar-refractivity contribution is 6.04. The number of anilines is 1. The molecule has 0 fully saturated rings. The zero-order valence-corrected chi connectivity index (χ0v) is 18.1. The lowest BCUT2D eigenvalue weighted by molar-refractivity contribution is -0.130. The van der Waals surface area contributed by atoms with Crippen LogP contribution in [0, 0.1) is 0 Å². The predicted molar refractivity (Wildman–Crippen MR) is 127 cm³/mol. The number of carbonyl (C=O) groups excluding carboxylic acids is 2. The minimum atomic E-state index is -1.60. The number of hydrogen-bond acceptors (Lipinski definition) is 3.